The van der Waals surface area contributed by atoms with E-state index in [2.05, 4.69) is 53.5 Å². The van der Waals surface area contributed by atoms with Crippen LogP contribution in [0.3, 0.4) is 0 Å². The summed E-state index contributed by atoms with van der Waals surface area (Å²) in [6.07, 6.45) is 1.03. The van der Waals surface area contributed by atoms with Crippen LogP contribution < -0.4 is 5.01 Å². The Morgan fingerprint density at radius 1 is 0.812 bits per heavy atom. The number of nitrogens with zero attached hydrogens (tertiary/aromatic N) is 2. The Hall–Kier alpha value is -0.900. The first-order valence-electron chi connectivity index (χ1n) is 11.0. The number of hydrogen-bond donors (Lipinski definition) is 0. The highest BCUT2D eigenvalue weighted by Gasteiger charge is 2.82. The van der Waals surface area contributed by atoms with Crippen LogP contribution in [0.4, 0.5) is 5.69 Å². The summed E-state index contributed by atoms with van der Waals surface area (Å²) in [5.74, 6) is 0.960. The molecule has 0 amide bonds. The molecule has 3 fully saturated rings. The normalized spacial score (nSPS) is 45.5. The van der Waals surface area contributed by atoms with Crippen LogP contribution in [-0.4, -0.2) is 26.9 Å². The van der Waals surface area contributed by atoms with Crippen molar-refractivity contribution in [3.05, 3.63) is 76.3 Å². The number of para-hydroxylation sites is 1. The predicted molar refractivity (Wildman–Crippen MR) is 133 cm³/mol. The molecule has 1 aliphatic heterocycles. The first-order valence-corrected chi connectivity index (χ1v) is 12.9. The molecule has 0 spiro atoms. The van der Waals surface area contributed by atoms with E-state index in [4.69, 9.17) is 63.1 Å². The maximum Gasteiger partial charge on any atom is 0.103 e. The molecule has 2 aromatic rings. The Morgan fingerprint density at radius 2 is 1.38 bits per heavy atom. The Labute approximate surface area is 212 Å². The molecule has 2 aromatic carbocycles. The molecule has 1 heterocycles. The lowest BCUT2D eigenvalue weighted by atomic mass is 9.65. The quantitative estimate of drug-likeness (QED) is 0.303. The molecule has 0 saturated heterocycles. The van der Waals surface area contributed by atoms with Gasteiger partial charge in [-0.1, -0.05) is 71.7 Å². The van der Waals surface area contributed by atoms with E-state index in [1.54, 1.807) is 0 Å². The van der Waals surface area contributed by atoms with Gasteiger partial charge in [-0.2, -0.15) is 5.10 Å². The molecule has 4 bridgehead atoms. The topological polar surface area (TPSA) is 15.6 Å². The van der Waals surface area contributed by atoms with E-state index in [9.17, 15) is 0 Å². The fourth-order valence-corrected chi connectivity index (χ4v) is 10.3. The molecular weight excluding hydrogens is 506 g/mol. The predicted octanol–water partition coefficient (Wildman–Crippen LogP) is 7.06. The van der Waals surface area contributed by atoms with Crippen molar-refractivity contribution < 1.29 is 0 Å². The van der Waals surface area contributed by atoms with Crippen molar-refractivity contribution in [2.45, 2.75) is 27.6 Å². The standard InChI is InChI=1S/C25H19Cl5N2/c26-21-22(27)25(30)18-15-11-14(17(18)24(21,29)23(25)28)16-19(12-7-3-1-4-8-12)31-32(20(15)16)13-9-5-2-6-10-13/h1-10,14-18,20,23H,11H2/t14-,15?,16-,17?,18?,20-,23+,24+,25-/m0/s1. The van der Waals surface area contributed by atoms with Gasteiger partial charge in [-0.25, -0.2) is 0 Å². The Morgan fingerprint density at radius 3 is 2.00 bits per heavy atom. The van der Waals surface area contributed by atoms with Gasteiger partial charge in [-0.05, 0) is 47.8 Å². The Balaban J connectivity index is 1.40. The van der Waals surface area contributed by atoms with Gasteiger partial charge in [0.05, 0.1) is 32.9 Å². The zero-order valence-corrected chi connectivity index (χ0v) is 20.6. The van der Waals surface area contributed by atoms with E-state index in [1.165, 1.54) is 0 Å². The van der Waals surface area contributed by atoms with Crippen LogP contribution in [0.25, 0.3) is 0 Å². The van der Waals surface area contributed by atoms with E-state index in [-0.39, 0.29) is 29.7 Å². The Bertz CT molecular complexity index is 1180. The van der Waals surface area contributed by atoms with Gasteiger partial charge in [0.1, 0.15) is 9.75 Å². The Kier molecular flexibility index (Phi) is 4.23. The van der Waals surface area contributed by atoms with Gasteiger partial charge in [0, 0.05) is 5.92 Å². The van der Waals surface area contributed by atoms with Crippen LogP contribution in [0.1, 0.15) is 12.0 Å². The smallest absolute Gasteiger partial charge is 0.103 e. The molecule has 5 aliphatic rings. The molecule has 3 unspecified atom stereocenters. The largest absolute Gasteiger partial charge is 0.261 e. The molecular formula is C25H19Cl5N2. The van der Waals surface area contributed by atoms with Crippen molar-refractivity contribution in [2.24, 2.45) is 34.7 Å². The van der Waals surface area contributed by atoms with E-state index in [0.717, 1.165) is 23.4 Å². The summed E-state index contributed by atoms with van der Waals surface area (Å²) >= 11 is 34.9. The highest BCUT2D eigenvalue weighted by molar-refractivity contribution is 6.55. The molecule has 32 heavy (non-hydrogen) atoms. The second-order valence-electron chi connectivity index (χ2n) is 9.69. The van der Waals surface area contributed by atoms with Gasteiger partial charge in [0.25, 0.3) is 0 Å². The number of rotatable bonds is 2. The third kappa shape index (κ3) is 2.16. The summed E-state index contributed by atoms with van der Waals surface area (Å²) in [5, 5.41) is 7.77. The highest BCUT2D eigenvalue weighted by atomic mass is 35.5. The van der Waals surface area contributed by atoms with E-state index < -0.39 is 15.1 Å². The molecule has 164 valence electrons. The third-order valence-corrected chi connectivity index (χ3v) is 12.1. The zero-order valence-electron chi connectivity index (χ0n) is 16.8. The maximum absolute atomic E-state index is 7.27. The van der Waals surface area contributed by atoms with Gasteiger partial charge >= 0.3 is 0 Å². The van der Waals surface area contributed by atoms with Crippen molar-refractivity contribution in [2.75, 3.05) is 5.01 Å². The minimum atomic E-state index is -0.922. The van der Waals surface area contributed by atoms with Gasteiger partial charge in [0.2, 0.25) is 0 Å². The minimum Gasteiger partial charge on any atom is -0.261 e. The number of anilines is 1. The molecule has 0 aromatic heterocycles. The highest BCUT2D eigenvalue weighted by Crippen LogP contribution is 2.79. The van der Waals surface area contributed by atoms with Crippen molar-refractivity contribution >= 4 is 69.4 Å². The summed E-state index contributed by atoms with van der Waals surface area (Å²) in [7, 11) is 0. The number of allylic oxidation sites excluding steroid dienone is 2. The third-order valence-electron chi connectivity index (χ3n) is 8.60. The van der Waals surface area contributed by atoms with Crippen LogP contribution in [-0.2, 0) is 0 Å². The van der Waals surface area contributed by atoms with Gasteiger partial charge in [-0.3, -0.25) is 5.01 Å². The van der Waals surface area contributed by atoms with Crippen LogP contribution in [0.15, 0.2) is 75.8 Å². The van der Waals surface area contributed by atoms with Gasteiger partial charge < -0.3 is 0 Å². The van der Waals surface area contributed by atoms with Crippen LogP contribution >= 0.6 is 58.0 Å². The monoisotopic (exact) mass is 522 g/mol. The molecule has 7 rings (SSSR count). The molecule has 0 N–H and O–H groups in total. The van der Waals surface area contributed by atoms with E-state index in [1.807, 2.05) is 12.1 Å². The average Bonchev–Trinajstić information content (AvgIpc) is 3.57. The number of fused-ring (bicyclic) bond motifs is 12. The SMILES string of the molecule is ClC1=C(Cl)[C@]2(Cl)C3C(C4C[C@H]3[C@H]3C(c5ccccc5)=NN(c5ccccc5)[C@@H]43)[C@@]1(Cl)[C@@H]2Cl. The first-order chi connectivity index (χ1) is 15.4. The fraction of sp³-hybridized carbons (Fsp3) is 0.400. The molecule has 9 atom stereocenters. The van der Waals surface area contributed by atoms with Crippen LogP contribution in [0, 0.1) is 29.6 Å². The number of benzene rings is 2. The van der Waals surface area contributed by atoms with Crippen molar-refractivity contribution in [1.82, 2.24) is 0 Å². The number of alkyl halides is 3. The van der Waals surface area contributed by atoms with Crippen molar-refractivity contribution in [1.29, 1.82) is 0 Å². The lowest BCUT2D eigenvalue weighted by molar-refractivity contribution is 0.173. The lowest BCUT2D eigenvalue weighted by Gasteiger charge is -2.45. The van der Waals surface area contributed by atoms with Crippen LogP contribution in [0.2, 0.25) is 0 Å². The molecule has 0 radical (unpaired) electrons. The average molecular weight is 525 g/mol. The second kappa shape index (κ2) is 6.61. The molecule has 4 aliphatic carbocycles. The zero-order chi connectivity index (χ0) is 22.0. The lowest BCUT2D eigenvalue weighted by Crippen LogP contribution is -2.51. The van der Waals surface area contributed by atoms with E-state index >= 15 is 0 Å². The van der Waals surface area contributed by atoms with E-state index in [0.29, 0.717) is 16.0 Å². The maximum atomic E-state index is 7.27. The summed E-state index contributed by atoms with van der Waals surface area (Å²) in [6, 6.07) is 21.0. The van der Waals surface area contributed by atoms with Gasteiger partial charge in [-0.15, -0.1) is 34.8 Å². The van der Waals surface area contributed by atoms with Gasteiger partial charge in [0.15, 0.2) is 0 Å². The fourth-order valence-electron chi connectivity index (χ4n) is 7.64. The summed E-state index contributed by atoms with van der Waals surface area (Å²) in [6.45, 7) is 0. The van der Waals surface area contributed by atoms with Crippen molar-refractivity contribution in [3.63, 3.8) is 0 Å². The minimum absolute atomic E-state index is 0.0713. The molecule has 2 nitrogen and oxygen atoms in total. The number of halogens is 5. The number of hydrogen-bond acceptors (Lipinski definition) is 2. The summed E-state index contributed by atoms with van der Waals surface area (Å²) in [5.41, 5.74) is 3.36. The molecule has 3 saturated carbocycles. The molecule has 7 heteroatoms. The van der Waals surface area contributed by atoms with Crippen LogP contribution in [0.5, 0.6) is 0 Å². The summed E-state index contributed by atoms with van der Waals surface area (Å²) < 4.78 is 0. The van der Waals surface area contributed by atoms with Crippen molar-refractivity contribution in [3.8, 4) is 0 Å². The number of hydrazone groups is 1. The summed E-state index contributed by atoms with van der Waals surface area (Å²) in [4.78, 5) is -1.84. The first kappa shape index (κ1) is 20.5. The second-order valence-corrected chi connectivity index (χ2v) is 12.1.